The second-order valence-corrected chi connectivity index (χ2v) is 5.97. The molecular weight excluding hydrogens is 222 g/mol. The van der Waals surface area contributed by atoms with E-state index in [9.17, 15) is 8.42 Å². The average molecular weight is 232 g/mol. The quantitative estimate of drug-likeness (QED) is 0.690. The molecule has 5 heteroatoms. The molecule has 0 aliphatic carbocycles. The topological polar surface area (TPSA) is 37.4 Å². The number of hydrogen-bond acceptors (Lipinski definition) is 3. The maximum absolute atomic E-state index is 11.1. The normalized spacial score (nSPS) is 15.7. The highest BCUT2D eigenvalue weighted by Gasteiger charge is 2.19. The highest BCUT2D eigenvalue weighted by Crippen LogP contribution is 2.30. The Labute approximate surface area is 87.7 Å². The molecule has 1 aromatic carbocycles. The van der Waals surface area contributed by atoms with Gasteiger partial charge in [-0.05, 0) is 24.1 Å². The van der Waals surface area contributed by atoms with Crippen LogP contribution < -0.4 is 4.90 Å². The van der Waals surface area contributed by atoms with Crippen LogP contribution in [0.5, 0.6) is 0 Å². The number of nitrogens with zero attached hydrogens (tertiary/aromatic N) is 1. The molecule has 0 unspecified atom stereocenters. The molecule has 0 amide bonds. The first-order chi connectivity index (χ1) is 6.48. The fraction of sp³-hybridized carbons (Fsp3) is 0.333. The van der Waals surface area contributed by atoms with Crippen LogP contribution in [0, 0.1) is 0 Å². The molecule has 1 aliphatic heterocycles. The fourth-order valence-electron chi connectivity index (χ4n) is 1.67. The summed E-state index contributed by atoms with van der Waals surface area (Å²) in [6.45, 7) is 0.932. The monoisotopic (exact) mass is 231 g/mol. The highest BCUT2D eigenvalue weighted by atomic mass is 35.7. The zero-order valence-corrected chi connectivity index (χ0v) is 9.27. The SMILES string of the molecule is CN1CCc2ccc(S(=O)(=O)Cl)cc21. The first kappa shape index (κ1) is 9.80. The van der Waals surface area contributed by atoms with Crippen LogP contribution in [-0.4, -0.2) is 22.0 Å². The van der Waals surface area contributed by atoms with Gasteiger partial charge in [0, 0.05) is 30.0 Å². The molecular formula is C9H10ClNO2S. The number of fused-ring (bicyclic) bond motifs is 1. The van der Waals surface area contributed by atoms with Gasteiger partial charge in [-0.25, -0.2) is 8.42 Å². The summed E-state index contributed by atoms with van der Waals surface area (Å²) < 4.78 is 22.2. The second-order valence-electron chi connectivity index (χ2n) is 3.40. The van der Waals surface area contributed by atoms with E-state index in [1.54, 1.807) is 12.1 Å². The number of benzene rings is 1. The van der Waals surface area contributed by atoms with E-state index in [4.69, 9.17) is 10.7 Å². The van der Waals surface area contributed by atoms with E-state index < -0.39 is 9.05 Å². The molecule has 1 aromatic rings. The van der Waals surface area contributed by atoms with Gasteiger partial charge >= 0.3 is 0 Å². The maximum Gasteiger partial charge on any atom is 0.261 e. The van der Waals surface area contributed by atoms with E-state index in [0.29, 0.717) is 0 Å². The predicted octanol–water partition coefficient (Wildman–Crippen LogP) is 1.61. The summed E-state index contributed by atoms with van der Waals surface area (Å²) in [4.78, 5) is 2.20. The van der Waals surface area contributed by atoms with Crippen molar-refractivity contribution >= 4 is 25.4 Å². The molecule has 0 bridgehead atoms. The Morgan fingerprint density at radius 2 is 2.14 bits per heavy atom. The molecule has 0 N–H and O–H groups in total. The van der Waals surface area contributed by atoms with Gasteiger partial charge in [0.15, 0.2) is 0 Å². The van der Waals surface area contributed by atoms with E-state index in [1.165, 1.54) is 5.56 Å². The first-order valence-corrected chi connectivity index (χ1v) is 6.58. The Hall–Kier alpha value is -0.740. The molecule has 0 saturated heterocycles. The van der Waals surface area contributed by atoms with Crippen molar-refractivity contribution in [3.8, 4) is 0 Å². The highest BCUT2D eigenvalue weighted by molar-refractivity contribution is 8.13. The van der Waals surface area contributed by atoms with Crippen LogP contribution in [-0.2, 0) is 15.5 Å². The van der Waals surface area contributed by atoms with E-state index in [2.05, 4.69) is 0 Å². The Morgan fingerprint density at radius 3 is 2.79 bits per heavy atom. The lowest BCUT2D eigenvalue weighted by Gasteiger charge is -2.11. The smallest absolute Gasteiger partial charge is 0.261 e. The molecule has 1 heterocycles. The molecule has 0 saturated carbocycles. The van der Waals surface area contributed by atoms with Gasteiger partial charge in [0.2, 0.25) is 0 Å². The summed E-state index contributed by atoms with van der Waals surface area (Å²) in [5.41, 5.74) is 2.14. The van der Waals surface area contributed by atoms with Crippen LogP contribution in [0.15, 0.2) is 23.1 Å². The van der Waals surface area contributed by atoms with Crippen molar-refractivity contribution in [2.45, 2.75) is 11.3 Å². The summed E-state index contributed by atoms with van der Waals surface area (Å²) in [6, 6.07) is 5.01. The van der Waals surface area contributed by atoms with Gasteiger partial charge in [-0.15, -0.1) is 0 Å². The molecule has 1 aliphatic rings. The molecule has 0 fully saturated rings. The molecule has 14 heavy (non-hydrogen) atoms. The van der Waals surface area contributed by atoms with Crippen molar-refractivity contribution in [2.75, 3.05) is 18.5 Å². The first-order valence-electron chi connectivity index (χ1n) is 4.27. The molecule has 0 atom stereocenters. The Bertz CT molecular complexity index is 470. The van der Waals surface area contributed by atoms with Crippen molar-refractivity contribution in [1.29, 1.82) is 0 Å². The van der Waals surface area contributed by atoms with Gasteiger partial charge in [-0.1, -0.05) is 6.07 Å². The minimum atomic E-state index is -3.60. The Kier molecular flexibility index (Phi) is 2.20. The van der Waals surface area contributed by atoms with E-state index in [-0.39, 0.29) is 4.90 Å². The number of anilines is 1. The van der Waals surface area contributed by atoms with Crippen LogP contribution in [0.1, 0.15) is 5.56 Å². The molecule has 76 valence electrons. The lowest BCUT2D eigenvalue weighted by molar-refractivity contribution is 0.609. The molecule has 0 spiro atoms. The van der Waals surface area contributed by atoms with Gasteiger partial charge in [0.05, 0.1) is 4.90 Å². The van der Waals surface area contributed by atoms with Crippen LogP contribution >= 0.6 is 10.7 Å². The van der Waals surface area contributed by atoms with E-state index >= 15 is 0 Å². The summed E-state index contributed by atoms with van der Waals surface area (Å²) in [5.74, 6) is 0. The predicted molar refractivity (Wildman–Crippen MR) is 56.5 cm³/mol. The largest absolute Gasteiger partial charge is 0.374 e. The van der Waals surface area contributed by atoms with Crippen LogP contribution in [0.3, 0.4) is 0 Å². The number of rotatable bonds is 1. The minimum Gasteiger partial charge on any atom is -0.374 e. The summed E-state index contributed by atoms with van der Waals surface area (Å²) in [7, 11) is 3.60. The van der Waals surface area contributed by atoms with Crippen molar-refractivity contribution in [3.63, 3.8) is 0 Å². The van der Waals surface area contributed by atoms with Crippen molar-refractivity contribution < 1.29 is 8.42 Å². The van der Waals surface area contributed by atoms with E-state index in [0.717, 1.165) is 18.7 Å². The molecule has 0 aromatic heterocycles. The van der Waals surface area contributed by atoms with Crippen LogP contribution in [0.4, 0.5) is 5.69 Å². The average Bonchev–Trinajstić information content (AvgIpc) is 2.46. The third-order valence-electron chi connectivity index (χ3n) is 2.47. The van der Waals surface area contributed by atoms with Crippen molar-refractivity contribution in [1.82, 2.24) is 0 Å². The zero-order valence-electron chi connectivity index (χ0n) is 7.70. The van der Waals surface area contributed by atoms with Crippen LogP contribution in [0.25, 0.3) is 0 Å². The summed E-state index contributed by atoms with van der Waals surface area (Å²) in [5, 5.41) is 0. The Morgan fingerprint density at radius 1 is 1.43 bits per heavy atom. The zero-order chi connectivity index (χ0) is 10.3. The van der Waals surface area contributed by atoms with Gasteiger partial charge in [-0.2, -0.15) is 0 Å². The van der Waals surface area contributed by atoms with Crippen molar-refractivity contribution in [2.24, 2.45) is 0 Å². The standard InChI is InChI=1S/C9H10ClNO2S/c1-11-5-4-7-2-3-8(6-9(7)11)14(10,12)13/h2-3,6H,4-5H2,1H3. The second kappa shape index (κ2) is 3.14. The number of likely N-dealkylation sites (N-methyl/N-ethyl adjacent to an activating group) is 1. The van der Waals surface area contributed by atoms with E-state index in [1.807, 2.05) is 18.0 Å². The van der Waals surface area contributed by atoms with Gasteiger partial charge < -0.3 is 4.90 Å². The lowest BCUT2D eigenvalue weighted by Crippen LogP contribution is -2.12. The third-order valence-corrected chi connectivity index (χ3v) is 3.82. The molecule has 0 radical (unpaired) electrons. The van der Waals surface area contributed by atoms with Crippen molar-refractivity contribution in [3.05, 3.63) is 23.8 Å². The van der Waals surface area contributed by atoms with Gasteiger partial charge in [0.1, 0.15) is 0 Å². The molecule has 2 rings (SSSR count). The summed E-state index contributed by atoms with van der Waals surface area (Å²) >= 11 is 0. The fourth-order valence-corrected chi connectivity index (χ4v) is 2.44. The van der Waals surface area contributed by atoms with Gasteiger partial charge in [-0.3, -0.25) is 0 Å². The minimum absolute atomic E-state index is 0.173. The lowest BCUT2D eigenvalue weighted by atomic mass is 10.2. The number of halogens is 1. The summed E-state index contributed by atoms with van der Waals surface area (Å²) in [6.07, 6.45) is 0.967. The maximum atomic E-state index is 11.1. The Balaban J connectivity index is 2.56. The number of hydrogen-bond donors (Lipinski definition) is 0. The molecule has 3 nitrogen and oxygen atoms in total. The van der Waals surface area contributed by atoms with Crippen LogP contribution in [0.2, 0.25) is 0 Å². The third kappa shape index (κ3) is 1.60. The van der Waals surface area contributed by atoms with Gasteiger partial charge in [0.25, 0.3) is 9.05 Å².